The van der Waals surface area contributed by atoms with Crippen molar-refractivity contribution in [3.05, 3.63) is 59.7 Å². The molecule has 3 rings (SSSR count). The number of hydrazine groups is 1. The van der Waals surface area contributed by atoms with Crippen LogP contribution in [0.15, 0.2) is 54.1 Å². The normalized spacial score (nSPS) is 16.4. The summed E-state index contributed by atoms with van der Waals surface area (Å²) in [5.74, 6) is 0.195. The lowest BCUT2D eigenvalue weighted by Gasteiger charge is -2.17. The Morgan fingerprint density at radius 1 is 1.11 bits per heavy atom. The summed E-state index contributed by atoms with van der Waals surface area (Å²) in [4.78, 5) is 25.2. The third-order valence-corrected chi connectivity index (χ3v) is 4.33. The van der Waals surface area contributed by atoms with E-state index in [2.05, 4.69) is 5.43 Å². The maximum Gasteiger partial charge on any atom is 0.282 e. The van der Waals surface area contributed by atoms with Crippen molar-refractivity contribution >= 4 is 23.6 Å². The van der Waals surface area contributed by atoms with Crippen molar-refractivity contribution in [2.24, 2.45) is 0 Å². The predicted molar refractivity (Wildman–Crippen MR) is 103 cm³/mol. The maximum atomic E-state index is 12.8. The van der Waals surface area contributed by atoms with Gasteiger partial charge in [0.1, 0.15) is 5.57 Å². The highest BCUT2D eigenvalue weighted by Crippen LogP contribution is 2.34. The number of rotatable bonds is 6. The number of benzene rings is 2. The highest BCUT2D eigenvalue weighted by molar-refractivity contribution is 6.31. The Labute approximate surface area is 158 Å². The molecule has 140 valence electrons. The van der Waals surface area contributed by atoms with Crippen LogP contribution in [0.2, 0.25) is 0 Å². The van der Waals surface area contributed by atoms with Crippen LogP contribution in [0.25, 0.3) is 6.08 Å². The minimum atomic E-state index is -0.457. The van der Waals surface area contributed by atoms with Crippen LogP contribution in [0, 0.1) is 0 Å². The van der Waals surface area contributed by atoms with Crippen molar-refractivity contribution in [3.8, 4) is 11.5 Å². The maximum absolute atomic E-state index is 12.8. The number of hydrogen-bond acceptors (Lipinski definition) is 4. The largest absolute Gasteiger partial charge is 0.493 e. The SMILES string of the molecule is CC[C@@H](C)Oc1c(/C=C2\C(=O)NN(c3ccccc3)C2=O)cccc1OC. The van der Waals surface area contributed by atoms with Gasteiger partial charge in [-0.15, -0.1) is 0 Å². The molecule has 27 heavy (non-hydrogen) atoms. The first-order valence-electron chi connectivity index (χ1n) is 8.81. The number of para-hydroxylation sites is 2. The third-order valence-electron chi connectivity index (χ3n) is 4.33. The van der Waals surface area contributed by atoms with Gasteiger partial charge in [-0.1, -0.05) is 37.3 Å². The van der Waals surface area contributed by atoms with Gasteiger partial charge in [-0.2, -0.15) is 0 Å². The van der Waals surface area contributed by atoms with Gasteiger partial charge in [-0.3, -0.25) is 15.0 Å². The fraction of sp³-hybridized carbons (Fsp3) is 0.238. The first-order valence-corrected chi connectivity index (χ1v) is 8.81. The van der Waals surface area contributed by atoms with Gasteiger partial charge in [0.05, 0.1) is 18.9 Å². The molecule has 0 saturated carbocycles. The molecule has 6 heteroatoms. The van der Waals surface area contributed by atoms with Crippen molar-refractivity contribution in [2.45, 2.75) is 26.4 Å². The number of carbonyl (C=O) groups is 2. The minimum Gasteiger partial charge on any atom is -0.493 e. The van der Waals surface area contributed by atoms with E-state index in [1.165, 1.54) is 5.01 Å². The molecule has 0 aromatic heterocycles. The second-order valence-corrected chi connectivity index (χ2v) is 6.19. The molecule has 1 saturated heterocycles. The second kappa shape index (κ2) is 7.95. The molecule has 1 fully saturated rings. The van der Waals surface area contributed by atoms with Crippen molar-refractivity contribution < 1.29 is 19.1 Å². The third kappa shape index (κ3) is 3.79. The van der Waals surface area contributed by atoms with E-state index in [9.17, 15) is 9.59 Å². The number of ether oxygens (including phenoxy) is 2. The monoisotopic (exact) mass is 366 g/mol. The van der Waals surface area contributed by atoms with Crippen molar-refractivity contribution in [3.63, 3.8) is 0 Å². The zero-order valence-electron chi connectivity index (χ0n) is 15.6. The summed E-state index contributed by atoms with van der Waals surface area (Å²) in [5.41, 5.74) is 3.85. The summed E-state index contributed by atoms with van der Waals surface area (Å²) in [6, 6.07) is 14.3. The number of nitrogens with one attached hydrogen (secondary N) is 1. The summed E-state index contributed by atoms with van der Waals surface area (Å²) in [7, 11) is 1.56. The van der Waals surface area contributed by atoms with Crippen molar-refractivity contribution in [1.82, 2.24) is 5.43 Å². The molecule has 2 amide bonds. The second-order valence-electron chi connectivity index (χ2n) is 6.19. The van der Waals surface area contributed by atoms with Crippen molar-refractivity contribution in [2.75, 3.05) is 12.1 Å². The van der Waals surface area contributed by atoms with E-state index in [0.717, 1.165) is 6.42 Å². The number of hydrogen-bond donors (Lipinski definition) is 1. The summed E-state index contributed by atoms with van der Waals surface area (Å²) in [6.45, 7) is 3.97. The van der Waals surface area contributed by atoms with Gasteiger partial charge in [-0.05, 0) is 37.6 Å². The van der Waals surface area contributed by atoms with Gasteiger partial charge in [-0.25, -0.2) is 5.01 Å². The highest BCUT2D eigenvalue weighted by atomic mass is 16.5. The van der Waals surface area contributed by atoms with Gasteiger partial charge in [0.25, 0.3) is 11.8 Å². The lowest BCUT2D eigenvalue weighted by atomic mass is 10.1. The van der Waals surface area contributed by atoms with Crippen molar-refractivity contribution in [1.29, 1.82) is 0 Å². The van der Waals surface area contributed by atoms with Crippen LogP contribution in [0.3, 0.4) is 0 Å². The van der Waals surface area contributed by atoms with E-state index in [0.29, 0.717) is 22.7 Å². The highest BCUT2D eigenvalue weighted by Gasteiger charge is 2.34. The van der Waals surface area contributed by atoms with E-state index in [1.807, 2.05) is 19.9 Å². The van der Waals surface area contributed by atoms with E-state index in [1.54, 1.807) is 55.7 Å². The van der Waals surface area contributed by atoms with E-state index in [4.69, 9.17) is 9.47 Å². The van der Waals surface area contributed by atoms with Crippen LogP contribution in [-0.4, -0.2) is 25.0 Å². The summed E-state index contributed by atoms with van der Waals surface area (Å²) in [5, 5.41) is 1.24. The molecular weight excluding hydrogens is 344 g/mol. The lowest BCUT2D eigenvalue weighted by molar-refractivity contribution is -0.117. The van der Waals surface area contributed by atoms with Gasteiger partial charge in [0, 0.05) is 5.56 Å². The molecule has 2 aromatic rings. The Morgan fingerprint density at radius 3 is 2.52 bits per heavy atom. The molecule has 0 aliphatic carbocycles. The zero-order valence-corrected chi connectivity index (χ0v) is 15.6. The van der Waals surface area contributed by atoms with Gasteiger partial charge in [0.15, 0.2) is 11.5 Å². The summed E-state index contributed by atoms with van der Waals surface area (Å²) >= 11 is 0. The number of methoxy groups -OCH3 is 1. The molecule has 2 aromatic carbocycles. The predicted octanol–water partition coefficient (Wildman–Crippen LogP) is 3.33. The summed E-state index contributed by atoms with van der Waals surface area (Å²) in [6.07, 6.45) is 2.32. The number of nitrogens with zero attached hydrogens (tertiary/aromatic N) is 1. The molecule has 1 aliphatic rings. The van der Waals surface area contributed by atoms with Crippen LogP contribution in [0.1, 0.15) is 25.8 Å². The standard InChI is InChI=1S/C21H22N2O4/c1-4-14(2)27-19-15(9-8-12-18(19)26-3)13-17-20(24)22-23(21(17)25)16-10-6-5-7-11-16/h5-14H,4H2,1-3H3,(H,22,24)/b17-13+/t14-/m1/s1. The van der Waals surface area contributed by atoms with E-state index < -0.39 is 11.8 Å². The average Bonchev–Trinajstić information content (AvgIpc) is 2.97. The van der Waals surface area contributed by atoms with Gasteiger partial charge in [0.2, 0.25) is 0 Å². The fourth-order valence-electron chi connectivity index (χ4n) is 2.69. The number of anilines is 1. The Balaban J connectivity index is 1.99. The molecule has 0 spiro atoms. The molecule has 0 radical (unpaired) electrons. The molecule has 1 N–H and O–H groups in total. The topological polar surface area (TPSA) is 67.9 Å². The first-order chi connectivity index (χ1) is 13.0. The van der Waals surface area contributed by atoms with Crippen LogP contribution in [0.5, 0.6) is 11.5 Å². The van der Waals surface area contributed by atoms with Crippen LogP contribution in [-0.2, 0) is 9.59 Å². The van der Waals surface area contributed by atoms with Crippen LogP contribution >= 0.6 is 0 Å². The number of carbonyl (C=O) groups excluding carboxylic acids is 2. The van der Waals surface area contributed by atoms with Gasteiger partial charge >= 0.3 is 0 Å². The number of amides is 2. The summed E-state index contributed by atoms with van der Waals surface area (Å²) < 4.78 is 11.4. The molecule has 0 unspecified atom stereocenters. The van der Waals surface area contributed by atoms with Crippen LogP contribution < -0.4 is 19.9 Å². The van der Waals surface area contributed by atoms with Crippen LogP contribution in [0.4, 0.5) is 5.69 Å². The molecule has 1 aliphatic heterocycles. The molecular formula is C21H22N2O4. The zero-order chi connectivity index (χ0) is 19.4. The quantitative estimate of drug-likeness (QED) is 0.629. The first kappa shape index (κ1) is 18.5. The lowest BCUT2D eigenvalue weighted by Crippen LogP contribution is -2.35. The average molecular weight is 366 g/mol. The van der Waals surface area contributed by atoms with Gasteiger partial charge < -0.3 is 9.47 Å². The Bertz CT molecular complexity index is 877. The Morgan fingerprint density at radius 2 is 1.85 bits per heavy atom. The molecule has 6 nitrogen and oxygen atoms in total. The molecule has 1 atom stereocenters. The molecule has 1 heterocycles. The Kier molecular flexibility index (Phi) is 5.45. The Hall–Kier alpha value is -3.28. The minimum absolute atomic E-state index is 0.0348. The van der Waals surface area contributed by atoms with E-state index >= 15 is 0 Å². The smallest absolute Gasteiger partial charge is 0.282 e. The fourth-order valence-corrected chi connectivity index (χ4v) is 2.69. The van der Waals surface area contributed by atoms with E-state index in [-0.39, 0.29) is 11.7 Å². The molecule has 0 bridgehead atoms.